The van der Waals surface area contributed by atoms with E-state index in [1.807, 2.05) is 38.2 Å². The van der Waals surface area contributed by atoms with Gasteiger partial charge in [0.15, 0.2) is 5.79 Å². The van der Waals surface area contributed by atoms with Crippen molar-refractivity contribution < 1.29 is 102 Å². The van der Waals surface area contributed by atoms with Crippen LogP contribution >= 0.6 is 0 Å². The van der Waals surface area contributed by atoms with Gasteiger partial charge in [-0.2, -0.15) is 0 Å². The van der Waals surface area contributed by atoms with Crippen LogP contribution in [0.25, 0.3) is 0 Å². The number of carbonyl (C=O) groups is 1. The molecule has 21 heteroatoms. The first-order chi connectivity index (χ1) is 38.8. The number of aliphatic hydroxyl groups is 7. The molecule has 0 aromatic rings. The Labute approximate surface area is 473 Å². The number of fused-ring (bicyclic) bond motifs is 11. The van der Waals surface area contributed by atoms with Gasteiger partial charge in [-0.05, 0) is 44.4 Å². The first-order valence-corrected chi connectivity index (χ1v) is 30.6. The summed E-state index contributed by atoms with van der Waals surface area (Å²) in [6, 6.07) is 0. The minimum absolute atomic E-state index is 0.0280. The average Bonchev–Trinajstić information content (AvgIpc) is 3.55. The molecule has 34 unspecified atom stereocenters. The Bertz CT molecular complexity index is 2320. The van der Waals surface area contributed by atoms with Gasteiger partial charge in [0.25, 0.3) is 0 Å². The molecule has 81 heavy (non-hydrogen) atoms. The zero-order chi connectivity index (χ0) is 56.4. The van der Waals surface area contributed by atoms with Crippen molar-refractivity contribution in [3.63, 3.8) is 0 Å². The Balaban J connectivity index is 0.676. The standard InChI is InChI=1S/C60H88O21/c1-26-14-41-43(20-48-54(78-41)28(3)52(67)58-55(79-48)27(2)29(4)60(81-58)23-32(64)25-69-60)73-45-22-51-59(5,80-46(45)15-26)50(66)21-44-35(75-51)9-7-6-8-34-36(72-44)10-11-38-37(70-34)12-13-39-42(71-38)19-49-57(76-39)53(68)56-47(74-49)18-30(62)17-40(77-56)33(65)16-31(63)24-61/h6-7,10-13,26-29,31-58,61,63-68H,8-9,14-25H2,1-5H3. The van der Waals surface area contributed by atoms with Crippen LogP contribution in [-0.4, -0.2) is 237 Å². The largest absolute Gasteiger partial charge is 0.394 e. The van der Waals surface area contributed by atoms with Crippen molar-refractivity contribution in [2.45, 2.75) is 294 Å². The molecule has 21 nitrogen and oxygen atoms in total. The minimum Gasteiger partial charge on any atom is -0.394 e. The molecule has 454 valence electrons. The summed E-state index contributed by atoms with van der Waals surface area (Å²) in [4.78, 5) is 13.1. The van der Waals surface area contributed by atoms with E-state index in [0.29, 0.717) is 44.9 Å². The van der Waals surface area contributed by atoms with E-state index in [9.17, 15) is 40.5 Å². The van der Waals surface area contributed by atoms with Crippen molar-refractivity contribution in [1.29, 1.82) is 0 Å². The highest BCUT2D eigenvalue weighted by molar-refractivity contribution is 5.80. The second kappa shape index (κ2) is 23.0. The van der Waals surface area contributed by atoms with Gasteiger partial charge in [0, 0.05) is 63.2 Å². The van der Waals surface area contributed by atoms with Gasteiger partial charge in [-0.25, -0.2) is 0 Å². The third-order valence-corrected chi connectivity index (χ3v) is 21.2. The van der Waals surface area contributed by atoms with Gasteiger partial charge in [0.05, 0.1) is 135 Å². The lowest BCUT2D eigenvalue weighted by Gasteiger charge is -2.53. The lowest BCUT2D eigenvalue weighted by molar-refractivity contribution is -0.339. The van der Waals surface area contributed by atoms with Gasteiger partial charge in [0.2, 0.25) is 0 Å². The second-order valence-corrected chi connectivity index (χ2v) is 26.7. The third-order valence-electron chi connectivity index (χ3n) is 21.2. The Hall–Kier alpha value is -1.91. The molecule has 13 aliphatic rings. The number of hydrogen-bond donors (Lipinski definition) is 7. The van der Waals surface area contributed by atoms with Gasteiger partial charge in [-0.3, -0.25) is 4.79 Å². The van der Waals surface area contributed by atoms with Crippen LogP contribution in [0.2, 0.25) is 0 Å². The highest BCUT2D eigenvalue weighted by Crippen LogP contribution is 2.52. The molecule has 1 spiro atoms. The summed E-state index contributed by atoms with van der Waals surface area (Å²) in [7, 11) is 0. The molecule has 7 N–H and O–H groups in total. The highest BCUT2D eigenvalue weighted by atomic mass is 16.7. The fourth-order valence-corrected chi connectivity index (χ4v) is 16.4. The zero-order valence-electron chi connectivity index (χ0n) is 47.2. The van der Waals surface area contributed by atoms with Crippen LogP contribution < -0.4 is 0 Å². The van der Waals surface area contributed by atoms with Crippen molar-refractivity contribution in [2.24, 2.45) is 23.7 Å². The number of carbonyl (C=O) groups excluding carboxylic acids is 1. The van der Waals surface area contributed by atoms with Crippen LogP contribution in [0, 0.1) is 23.7 Å². The molecule has 13 aliphatic heterocycles. The van der Waals surface area contributed by atoms with Crippen molar-refractivity contribution in [3.05, 3.63) is 36.5 Å². The molecule has 0 bridgehead atoms. The number of rotatable bonds is 4. The molecule has 10 saturated heterocycles. The molecule has 0 radical (unpaired) electrons. The van der Waals surface area contributed by atoms with E-state index >= 15 is 0 Å². The monoisotopic (exact) mass is 1140 g/mol. The molecule has 34 atom stereocenters. The predicted octanol–water partition coefficient (Wildman–Crippen LogP) is 1.56. The van der Waals surface area contributed by atoms with Crippen molar-refractivity contribution in [2.75, 3.05) is 13.2 Å². The first kappa shape index (κ1) is 58.1. The second-order valence-electron chi connectivity index (χ2n) is 26.7. The quantitative estimate of drug-likeness (QED) is 0.197. The SMILES string of the molecule is CC1CC2OC3C(CC2OC2CC4OC5CC=CCC6OC7C=CC8OC9C(CC8OC7C=CC6OC5CC(O)C4(C)OC2C1)OC1CC(=O)CC(C(O)CC(O)CO)OC1C9O)OC1C(C)C(C)C2(CC(O)CO2)OC1C(O)C3C. The fraction of sp³-hybridized carbons (Fsp3) is 0.883. The minimum atomic E-state index is -1.25. The number of ether oxygens (including phenoxy) is 13. The summed E-state index contributed by atoms with van der Waals surface area (Å²) >= 11 is 0. The van der Waals surface area contributed by atoms with Crippen molar-refractivity contribution in [1.82, 2.24) is 0 Å². The van der Waals surface area contributed by atoms with E-state index < -0.39 is 158 Å². The van der Waals surface area contributed by atoms with Crippen LogP contribution in [0.1, 0.15) is 112 Å². The van der Waals surface area contributed by atoms with Crippen LogP contribution in [0.4, 0.5) is 0 Å². The molecule has 0 aliphatic carbocycles. The van der Waals surface area contributed by atoms with Crippen LogP contribution in [0.3, 0.4) is 0 Å². The van der Waals surface area contributed by atoms with Crippen LogP contribution in [-0.2, 0) is 66.4 Å². The molecule has 10 fully saturated rings. The maximum absolute atomic E-state index is 13.1. The number of aliphatic hydroxyl groups excluding tert-OH is 7. The zero-order valence-corrected chi connectivity index (χ0v) is 47.2. The molecular weight excluding hydrogens is 1060 g/mol. The van der Waals surface area contributed by atoms with Crippen molar-refractivity contribution in [3.8, 4) is 0 Å². The summed E-state index contributed by atoms with van der Waals surface area (Å²) in [5, 5.41) is 76.9. The normalized spacial score (nSPS) is 55.9. The van der Waals surface area contributed by atoms with E-state index in [0.717, 1.165) is 6.42 Å². The lowest BCUT2D eigenvalue weighted by atomic mass is 9.75. The summed E-state index contributed by atoms with van der Waals surface area (Å²) in [6.45, 7) is 10.0. The number of Topliss-reactive ketones (excluding diaryl/α,β-unsaturated/α-hetero) is 1. The van der Waals surface area contributed by atoms with Crippen molar-refractivity contribution >= 4 is 5.78 Å². The van der Waals surface area contributed by atoms with E-state index in [1.165, 1.54) is 0 Å². The Morgan fingerprint density at radius 1 is 0.556 bits per heavy atom. The van der Waals surface area contributed by atoms with Gasteiger partial charge >= 0.3 is 0 Å². The Morgan fingerprint density at radius 3 is 1.93 bits per heavy atom. The maximum atomic E-state index is 13.1. The average molecular weight is 1150 g/mol. The predicted molar refractivity (Wildman–Crippen MR) is 281 cm³/mol. The van der Waals surface area contributed by atoms with Gasteiger partial charge in [-0.15, -0.1) is 0 Å². The van der Waals surface area contributed by atoms with E-state index in [4.69, 9.17) is 61.6 Å². The Morgan fingerprint density at radius 2 is 1.17 bits per heavy atom. The number of hydrogen-bond acceptors (Lipinski definition) is 21. The molecule has 0 aromatic carbocycles. The van der Waals surface area contributed by atoms with E-state index in [1.54, 1.807) is 0 Å². The van der Waals surface area contributed by atoms with Crippen LogP contribution in [0.15, 0.2) is 36.5 Å². The van der Waals surface area contributed by atoms with Gasteiger partial charge < -0.3 is 97.3 Å². The summed E-state index contributed by atoms with van der Waals surface area (Å²) in [5.41, 5.74) is -1.07. The van der Waals surface area contributed by atoms with E-state index in [-0.39, 0.29) is 92.3 Å². The van der Waals surface area contributed by atoms with E-state index in [2.05, 4.69) is 32.9 Å². The third kappa shape index (κ3) is 10.9. The number of ketones is 1. The highest BCUT2D eigenvalue weighted by Gasteiger charge is 2.63. The molecule has 0 saturated carbocycles. The molecule has 0 aromatic heterocycles. The fourth-order valence-electron chi connectivity index (χ4n) is 16.4. The lowest BCUT2D eigenvalue weighted by Crippen LogP contribution is -2.64. The smallest absolute Gasteiger partial charge is 0.174 e. The summed E-state index contributed by atoms with van der Waals surface area (Å²) in [6.07, 6.45) is -1.77. The van der Waals surface area contributed by atoms with Crippen LogP contribution in [0.5, 0.6) is 0 Å². The first-order valence-electron chi connectivity index (χ1n) is 30.6. The molecule has 0 amide bonds. The molecular formula is C60H88O21. The van der Waals surface area contributed by atoms with Gasteiger partial charge in [-0.1, -0.05) is 64.2 Å². The Kier molecular flexibility index (Phi) is 16.5. The summed E-state index contributed by atoms with van der Waals surface area (Å²) < 4.78 is 88.5. The topological polar surface area (TPSA) is 279 Å². The maximum Gasteiger partial charge on any atom is 0.174 e. The van der Waals surface area contributed by atoms with Gasteiger partial charge in [0.1, 0.15) is 60.2 Å². The summed E-state index contributed by atoms with van der Waals surface area (Å²) in [5.74, 6) is -1.46. The molecule has 13 rings (SSSR count). The molecule has 13 heterocycles.